The topological polar surface area (TPSA) is 8.29 Å². The van der Waals surface area contributed by atoms with E-state index in [9.17, 15) is 0 Å². The molecule has 0 aliphatic heterocycles. The first kappa shape index (κ1) is 9.66. The van der Waals surface area contributed by atoms with Crippen LogP contribution in [0.3, 0.4) is 0 Å². The molecule has 18 heavy (non-hydrogen) atoms. The van der Waals surface area contributed by atoms with Crippen LogP contribution in [0.25, 0.3) is 27.2 Å². The van der Waals surface area contributed by atoms with Crippen LogP contribution in [-0.2, 0) is 7.05 Å². The summed E-state index contributed by atoms with van der Waals surface area (Å²) in [5.41, 5.74) is 2.51. The third kappa shape index (κ3) is 1.15. The SMILES string of the molecule is C[n+]1c2ccccc2c2cc3ccccc3cn21. The molecule has 0 aliphatic carbocycles. The lowest BCUT2D eigenvalue weighted by Crippen LogP contribution is -2.34. The molecule has 0 atom stereocenters. The van der Waals surface area contributed by atoms with E-state index >= 15 is 0 Å². The minimum absolute atomic E-state index is 1.26. The van der Waals surface area contributed by atoms with E-state index in [4.69, 9.17) is 0 Å². The number of benzene rings is 2. The standard InChI is InChI=1S/C16H13N2/c1-17-15-9-5-4-8-14(15)16-10-12-6-2-3-7-13(12)11-18(16)17/h2-11H,1H3/q+1. The van der Waals surface area contributed by atoms with Crippen molar-refractivity contribution < 1.29 is 4.68 Å². The summed E-state index contributed by atoms with van der Waals surface area (Å²) in [6.45, 7) is 0. The first-order valence-electron chi connectivity index (χ1n) is 6.12. The minimum Gasteiger partial charge on any atom is -0.127 e. The summed E-state index contributed by atoms with van der Waals surface area (Å²) in [5.74, 6) is 0. The maximum Gasteiger partial charge on any atom is 0.239 e. The molecule has 0 fully saturated rings. The van der Waals surface area contributed by atoms with Crippen molar-refractivity contribution in [2.75, 3.05) is 0 Å². The molecule has 0 N–H and O–H groups in total. The molecule has 0 bridgehead atoms. The molecule has 0 saturated heterocycles. The van der Waals surface area contributed by atoms with Gasteiger partial charge in [-0.3, -0.25) is 0 Å². The van der Waals surface area contributed by atoms with Crippen molar-refractivity contribution in [1.82, 2.24) is 4.52 Å². The van der Waals surface area contributed by atoms with Crippen LogP contribution in [0.5, 0.6) is 0 Å². The first-order chi connectivity index (χ1) is 8.84. The Hall–Kier alpha value is -2.35. The molecule has 4 aromatic rings. The van der Waals surface area contributed by atoms with E-state index in [1.807, 2.05) is 0 Å². The predicted octanol–water partition coefficient (Wildman–Crippen LogP) is 3.07. The maximum absolute atomic E-state index is 2.26. The highest BCUT2D eigenvalue weighted by Crippen LogP contribution is 2.22. The van der Waals surface area contributed by atoms with E-state index in [0.717, 1.165) is 0 Å². The molecule has 4 rings (SSSR count). The Balaban J connectivity index is 2.32. The van der Waals surface area contributed by atoms with Gasteiger partial charge in [-0.05, 0) is 17.5 Å². The largest absolute Gasteiger partial charge is 0.239 e. The number of aryl methyl sites for hydroxylation is 1. The number of aromatic nitrogens is 2. The van der Waals surface area contributed by atoms with Gasteiger partial charge in [0.1, 0.15) is 5.52 Å². The van der Waals surface area contributed by atoms with Gasteiger partial charge in [0, 0.05) is 11.5 Å². The zero-order valence-corrected chi connectivity index (χ0v) is 10.2. The molecule has 2 aromatic carbocycles. The van der Waals surface area contributed by atoms with Gasteiger partial charge in [0.05, 0.1) is 11.6 Å². The summed E-state index contributed by atoms with van der Waals surface area (Å²) in [4.78, 5) is 0. The van der Waals surface area contributed by atoms with Crippen LogP contribution >= 0.6 is 0 Å². The van der Waals surface area contributed by atoms with Crippen LogP contribution in [-0.4, -0.2) is 4.52 Å². The lowest BCUT2D eigenvalue weighted by Gasteiger charge is -1.97. The first-order valence-corrected chi connectivity index (χ1v) is 6.12. The summed E-state index contributed by atoms with van der Waals surface area (Å²) < 4.78 is 4.41. The van der Waals surface area contributed by atoms with Crippen LogP contribution in [0.1, 0.15) is 0 Å². The van der Waals surface area contributed by atoms with Gasteiger partial charge < -0.3 is 0 Å². The van der Waals surface area contributed by atoms with Crippen molar-refractivity contribution in [1.29, 1.82) is 0 Å². The summed E-state index contributed by atoms with van der Waals surface area (Å²) in [6.07, 6.45) is 2.20. The van der Waals surface area contributed by atoms with E-state index in [-0.39, 0.29) is 0 Å². The number of pyridine rings is 1. The molecule has 0 aliphatic rings. The molecule has 0 saturated carbocycles. The molecule has 2 aromatic heterocycles. The van der Waals surface area contributed by atoms with Crippen molar-refractivity contribution in [3.8, 4) is 0 Å². The highest BCUT2D eigenvalue weighted by molar-refractivity contribution is 5.97. The van der Waals surface area contributed by atoms with Crippen molar-refractivity contribution in [2.45, 2.75) is 0 Å². The average molecular weight is 233 g/mol. The Morgan fingerprint density at radius 3 is 2.50 bits per heavy atom. The smallest absolute Gasteiger partial charge is 0.127 e. The van der Waals surface area contributed by atoms with E-state index in [0.29, 0.717) is 0 Å². The van der Waals surface area contributed by atoms with Crippen molar-refractivity contribution in [3.05, 3.63) is 60.8 Å². The van der Waals surface area contributed by atoms with Gasteiger partial charge >= 0.3 is 0 Å². The van der Waals surface area contributed by atoms with Crippen LogP contribution in [0.4, 0.5) is 0 Å². The Bertz CT molecular complexity index is 887. The third-order valence-electron chi connectivity index (χ3n) is 3.65. The Kier molecular flexibility index (Phi) is 1.78. The fraction of sp³-hybridized carbons (Fsp3) is 0.0625. The summed E-state index contributed by atoms with van der Waals surface area (Å²) >= 11 is 0. The number of fused-ring (bicyclic) bond motifs is 4. The number of nitrogens with zero attached hydrogens (tertiary/aromatic N) is 2. The normalized spacial score (nSPS) is 11.6. The molecular formula is C16H13N2+. The molecule has 86 valence electrons. The molecule has 0 unspecified atom stereocenters. The Morgan fingerprint density at radius 2 is 1.61 bits per heavy atom. The van der Waals surface area contributed by atoms with Gasteiger partial charge in [-0.15, -0.1) is 9.20 Å². The lowest BCUT2D eigenvalue weighted by atomic mass is 10.1. The molecular weight excluding hydrogens is 220 g/mol. The molecule has 2 heterocycles. The van der Waals surface area contributed by atoms with Gasteiger partial charge in [0.15, 0.2) is 7.05 Å². The molecule has 0 radical (unpaired) electrons. The van der Waals surface area contributed by atoms with Gasteiger partial charge in [-0.2, -0.15) is 0 Å². The summed E-state index contributed by atoms with van der Waals surface area (Å²) in [5, 5.41) is 3.85. The Morgan fingerprint density at radius 1 is 0.889 bits per heavy atom. The van der Waals surface area contributed by atoms with Gasteiger partial charge in [0.2, 0.25) is 5.52 Å². The second-order valence-electron chi connectivity index (χ2n) is 4.67. The quantitative estimate of drug-likeness (QED) is 0.413. The van der Waals surface area contributed by atoms with E-state index < -0.39 is 0 Å². The molecule has 2 nitrogen and oxygen atoms in total. The maximum atomic E-state index is 2.26. The molecule has 2 heteroatoms. The highest BCUT2D eigenvalue weighted by atomic mass is 15.3. The highest BCUT2D eigenvalue weighted by Gasteiger charge is 2.14. The van der Waals surface area contributed by atoms with Crippen LogP contribution in [0.15, 0.2) is 60.8 Å². The van der Waals surface area contributed by atoms with Crippen molar-refractivity contribution in [2.24, 2.45) is 7.05 Å². The van der Waals surface area contributed by atoms with Gasteiger partial charge in [-0.1, -0.05) is 36.4 Å². The van der Waals surface area contributed by atoms with Crippen LogP contribution in [0, 0.1) is 0 Å². The number of hydrogen-bond donors (Lipinski definition) is 0. The van der Waals surface area contributed by atoms with E-state index in [1.54, 1.807) is 0 Å². The summed E-state index contributed by atoms with van der Waals surface area (Å²) in [6, 6.07) is 19.3. The zero-order chi connectivity index (χ0) is 12.1. The minimum atomic E-state index is 1.26. The van der Waals surface area contributed by atoms with Gasteiger partial charge in [0.25, 0.3) is 0 Å². The molecule has 0 amide bonds. The second-order valence-corrected chi connectivity index (χ2v) is 4.67. The lowest BCUT2D eigenvalue weighted by molar-refractivity contribution is -0.713. The summed E-state index contributed by atoms with van der Waals surface area (Å²) in [7, 11) is 2.10. The second kappa shape index (κ2) is 3.33. The number of hydrogen-bond acceptors (Lipinski definition) is 0. The third-order valence-corrected chi connectivity index (χ3v) is 3.65. The van der Waals surface area contributed by atoms with Crippen molar-refractivity contribution in [3.63, 3.8) is 0 Å². The predicted molar refractivity (Wildman–Crippen MR) is 73.6 cm³/mol. The molecule has 0 spiro atoms. The van der Waals surface area contributed by atoms with E-state index in [2.05, 4.69) is 77.0 Å². The van der Waals surface area contributed by atoms with Crippen molar-refractivity contribution >= 4 is 27.2 Å². The zero-order valence-electron chi connectivity index (χ0n) is 10.2. The monoisotopic (exact) mass is 233 g/mol. The van der Waals surface area contributed by atoms with E-state index in [1.165, 1.54) is 27.2 Å². The fourth-order valence-electron chi connectivity index (χ4n) is 2.71. The van der Waals surface area contributed by atoms with Crippen LogP contribution < -0.4 is 4.68 Å². The average Bonchev–Trinajstić information content (AvgIpc) is 2.71. The Labute approximate surface area is 105 Å². The number of para-hydroxylation sites is 1. The fourth-order valence-corrected chi connectivity index (χ4v) is 2.71. The number of rotatable bonds is 0. The van der Waals surface area contributed by atoms with Gasteiger partial charge in [-0.25, -0.2) is 0 Å². The van der Waals surface area contributed by atoms with Crippen LogP contribution in [0.2, 0.25) is 0 Å².